The monoisotopic (exact) mass is 302 g/mol. The van der Waals surface area contributed by atoms with E-state index < -0.39 is 23.9 Å². The topological polar surface area (TPSA) is 111 Å². The first-order chi connectivity index (χ1) is 10.0. The average molecular weight is 302 g/mol. The van der Waals surface area contributed by atoms with Crippen molar-refractivity contribution in [2.24, 2.45) is 0 Å². The van der Waals surface area contributed by atoms with Crippen LogP contribution in [0.3, 0.4) is 0 Å². The van der Waals surface area contributed by atoms with Crippen LogP contribution >= 0.6 is 0 Å². The molecule has 0 aromatic carbocycles. The Morgan fingerprint density at radius 1 is 1.19 bits per heavy atom. The van der Waals surface area contributed by atoms with Crippen molar-refractivity contribution < 1.29 is 33.5 Å². The van der Waals surface area contributed by atoms with Crippen LogP contribution in [0, 0.1) is 0 Å². The quantitative estimate of drug-likeness (QED) is 0.486. The second kappa shape index (κ2) is 8.90. The maximum Gasteiger partial charge on any atom is 0.407 e. The number of hydrogen-bond acceptors (Lipinski definition) is 7. The zero-order valence-electron chi connectivity index (χ0n) is 11.8. The second-order valence-corrected chi connectivity index (χ2v) is 4.20. The summed E-state index contributed by atoms with van der Waals surface area (Å²) in [5, 5.41) is 2.93. The minimum absolute atomic E-state index is 0.0236. The van der Waals surface area contributed by atoms with Crippen molar-refractivity contribution in [2.45, 2.75) is 25.7 Å². The molecule has 1 heterocycles. The van der Waals surface area contributed by atoms with Gasteiger partial charge >= 0.3 is 12.1 Å². The van der Waals surface area contributed by atoms with Gasteiger partial charge in [-0.15, -0.1) is 5.06 Å². The van der Waals surface area contributed by atoms with Crippen molar-refractivity contribution in [3.8, 4) is 0 Å². The van der Waals surface area contributed by atoms with E-state index in [1.807, 2.05) is 0 Å². The molecule has 9 heteroatoms. The largest absolute Gasteiger partial charge is 0.450 e. The molecular formula is C12H18N2O7. The molecule has 118 valence electrons. The maximum absolute atomic E-state index is 11.4. The van der Waals surface area contributed by atoms with Gasteiger partial charge in [0.2, 0.25) is 0 Å². The van der Waals surface area contributed by atoms with E-state index in [0.717, 1.165) is 0 Å². The molecule has 0 bridgehead atoms. The Hall–Kier alpha value is -2.16. The summed E-state index contributed by atoms with van der Waals surface area (Å²) in [6.07, 6.45) is -0.339. The molecule has 3 amide bonds. The summed E-state index contributed by atoms with van der Waals surface area (Å²) in [7, 11) is 1.51. The number of nitrogens with one attached hydrogen (secondary N) is 1. The Morgan fingerprint density at radius 3 is 2.48 bits per heavy atom. The highest BCUT2D eigenvalue weighted by Crippen LogP contribution is 2.12. The molecule has 1 N–H and O–H groups in total. The fourth-order valence-electron chi connectivity index (χ4n) is 1.49. The molecule has 0 spiro atoms. The van der Waals surface area contributed by atoms with Crippen LogP contribution in [-0.4, -0.2) is 55.8 Å². The van der Waals surface area contributed by atoms with Gasteiger partial charge in [-0.05, 0) is 6.42 Å². The van der Waals surface area contributed by atoms with E-state index >= 15 is 0 Å². The average Bonchev–Trinajstić information content (AvgIpc) is 2.76. The van der Waals surface area contributed by atoms with E-state index in [-0.39, 0.29) is 32.3 Å². The molecule has 0 radical (unpaired) electrons. The maximum atomic E-state index is 11.4. The third kappa shape index (κ3) is 6.21. The zero-order chi connectivity index (χ0) is 15.7. The van der Waals surface area contributed by atoms with Crippen molar-refractivity contribution in [1.82, 2.24) is 10.4 Å². The van der Waals surface area contributed by atoms with E-state index in [4.69, 9.17) is 9.47 Å². The Balaban J connectivity index is 2.09. The van der Waals surface area contributed by atoms with Gasteiger partial charge in [0.15, 0.2) is 0 Å². The van der Waals surface area contributed by atoms with Crippen LogP contribution in [-0.2, 0) is 28.7 Å². The van der Waals surface area contributed by atoms with E-state index in [1.165, 1.54) is 7.11 Å². The molecule has 9 nitrogen and oxygen atoms in total. The van der Waals surface area contributed by atoms with Gasteiger partial charge in [0.1, 0.15) is 0 Å². The standard InChI is InChI=1S/C12H18N2O7/c1-19-8-6-13-12(18)20-7-2-3-11(17)21-14-9(15)4-5-10(14)16/h2-8H2,1H3,(H,13,18). The molecule has 1 rings (SSSR count). The summed E-state index contributed by atoms with van der Waals surface area (Å²) in [6, 6.07) is 0. The van der Waals surface area contributed by atoms with Crippen LogP contribution in [0.15, 0.2) is 0 Å². The number of carbonyl (C=O) groups excluding carboxylic acids is 4. The minimum atomic E-state index is -0.720. The van der Waals surface area contributed by atoms with Crippen LogP contribution in [0.4, 0.5) is 4.79 Å². The highest BCUT2D eigenvalue weighted by Gasteiger charge is 2.32. The van der Waals surface area contributed by atoms with E-state index in [2.05, 4.69) is 10.2 Å². The number of hydroxylamine groups is 2. The van der Waals surface area contributed by atoms with Crippen molar-refractivity contribution in [1.29, 1.82) is 0 Å². The molecule has 1 aliphatic heterocycles. The molecule has 0 aromatic heterocycles. The lowest BCUT2D eigenvalue weighted by atomic mass is 10.3. The van der Waals surface area contributed by atoms with Crippen LogP contribution < -0.4 is 5.32 Å². The van der Waals surface area contributed by atoms with E-state index in [1.54, 1.807) is 0 Å². The summed E-state index contributed by atoms with van der Waals surface area (Å²) >= 11 is 0. The van der Waals surface area contributed by atoms with Gasteiger partial charge < -0.3 is 19.6 Å². The van der Waals surface area contributed by atoms with Gasteiger partial charge in [0.05, 0.1) is 19.6 Å². The summed E-state index contributed by atoms with van der Waals surface area (Å²) < 4.78 is 9.53. The Morgan fingerprint density at radius 2 is 1.86 bits per heavy atom. The summed E-state index contributed by atoms with van der Waals surface area (Å²) in [4.78, 5) is 49.6. The van der Waals surface area contributed by atoms with Crippen molar-refractivity contribution in [3.05, 3.63) is 0 Å². The van der Waals surface area contributed by atoms with Crippen LogP contribution in [0.25, 0.3) is 0 Å². The van der Waals surface area contributed by atoms with Gasteiger partial charge in [0.25, 0.3) is 11.8 Å². The second-order valence-electron chi connectivity index (χ2n) is 4.20. The van der Waals surface area contributed by atoms with E-state index in [0.29, 0.717) is 18.2 Å². The predicted molar refractivity (Wildman–Crippen MR) is 67.6 cm³/mol. The first-order valence-corrected chi connectivity index (χ1v) is 6.50. The lowest BCUT2D eigenvalue weighted by molar-refractivity contribution is -0.197. The third-order valence-electron chi connectivity index (χ3n) is 2.53. The number of carbonyl (C=O) groups is 4. The highest BCUT2D eigenvalue weighted by molar-refractivity contribution is 6.01. The molecule has 0 aromatic rings. The summed E-state index contributed by atoms with van der Waals surface area (Å²) in [5.41, 5.74) is 0. The number of amides is 3. The van der Waals surface area contributed by atoms with Crippen molar-refractivity contribution in [3.63, 3.8) is 0 Å². The van der Waals surface area contributed by atoms with Crippen molar-refractivity contribution >= 4 is 23.9 Å². The fraction of sp³-hybridized carbons (Fsp3) is 0.667. The molecule has 0 saturated carbocycles. The Kier molecular flexibility index (Phi) is 7.16. The molecular weight excluding hydrogens is 284 g/mol. The van der Waals surface area contributed by atoms with E-state index in [9.17, 15) is 19.2 Å². The van der Waals surface area contributed by atoms with Crippen molar-refractivity contribution in [2.75, 3.05) is 26.9 Å². The first-order valence-electron chi connectivity index (χ1n) is 6.50. The van der Waals surface area contributed by atoms with Gasteiger partial charge in [0, 0.05) is 26.5 Å². The molecule has 0 aliphatic carbocycles. The van der Waals surface area contributed by atoms with Gasteiger partial charge in [-0.25, -0.2) is 9.59 Å². The van der Waals surface area contributed by atoms with Gasteiger partial charge in [-0.3, -0.25) is 9.59 Å². The summed E-state index contributed by atoms with van der Waals surface area (Å²) in [5.74, 6) is -1.77. The molecule has 1 fully saturated rings. The molecule has 1 saturated heterocycles. The Labute approximate surface area is 121 Å². The van der Waals surface area contributed by atoms with Crippen LogP contribution in [0.5, 0.6) is 0 Å². The number of rotatable bonds is 8. The molecule has 0 atom stereocenters. The van der Waals surface area contributed by atoms with Crippen LogP contribution in [0.1, 0.15) is 25.7 Å². The fourth-order valence-corrected chi connectivity index (χ4v) is 1.49. The zero-order valence-corrected chi connectivity index (χ0v) is 11.8. The lowest BCUT2D eigenvalue weighted by Crippen LogP contribution is -2.32. The third-order valence-corrected chi connectivity index (χ3v) is 2.53. The summed E-state index contributed by atoms with van der Waals surface area (Å²) in [6.45, 7) is 0.728. The predicted octanol–water partition coefficient (Wildman–Crippen LogP) is -0.254. The first kappa shape index (κ1) is 16.9. The van der Waals surface area contributed by atoms with Crippen LogP contribution in [0.2, 0.25) is 0 Å². The number of hydrogen-bond donors (Lipinski definition) is 1. The number of ether oxygens (including phenoxy) is 2. The SMILES string of the molecule is COCCNC(=O)OCCCC(=O)ON1C(=O)CCC1=O. The Bertz CT molecular complexity index is 394. The molecule has 0 unspecified atom stereocenters. The highest BCUT2D eigenvalue weighted by atomic mass is 16.7. The number of methoxy groups -OCH3 is 1. The normalized spacial score (nSPS) is 14.2. The van der Waals surface area contributed by atoms with Gasteiger partial charge in [-0.2, -0.15) is 0 Å². The number of nitrogens with zero attached hydrogens (tertiary/aromatic N) is 1. The smallest absolute Gasteiger partial charge is 0.407 e. The molecule has 1 aliphatic rings. The van der Waals surface area contributed by atoms with Gasteiger partial charge in [-0.1, -0.05) is 0 Å². The molecule has 21 heavy (non-hydrogen) atoms. The minimum Gasteiger partial charge on any atom is -0.450 e. The number of imide groups is 1. The lowest BCUT2D eigenvalue weighted by Gasteiger charge is -2.12. The number of alkyl carbamates (subject to hydrolysis) is 1.